The van der Waals surface area contributed by atoms with Gasteiger partial charge in [-0.1, -0.05) is 5.16 Å². The predicted octanol–water partition coefficient (Wildman–Crippen LogP) is 1.34. The molecule has 0 aliphatic carbocycles. The van der Waals surface area contributed by atoms with Crippen molar-refractivity contribution in [3.8, 4) is 0 Å². The Morgan fingerprint density at radius 2 is 2.29 bits per heavy atom. The number of sulfonamides is 1. The summed E-state index contributed by atoms with van der Waals surface area (Å²) in [5, 5.41) is 3.77. The molecule has 8 heteroatoms. The van der Waals surface area contributed by atoms with Crippen LogP contribution in [0.2, 0.25) is 0 Å². The summed E-state index contributed by atoms with van der Waals surface area (Å²) in [4.78, 5) is 8.31. The Morgan fingerprint density at radius 1 is 1.43 bits per heavy atom. The van der Waals surface area contributed by atoms with Gasteiger partial charge in [-0.15, -0.1) is 0 Å². The molecule has 3 heterocycles. The summed E-state index contributed by atoms with van der Waals surface area (Å²) in [7, 11) is -3.52. The Balaban J connectivity index is 1.83. The van der Waals surface area contributed by atoms with E-state index in [0.717, 1.165) is 12.8 Å². The minimum Gasteiger partial charge on any atom is -0.339 e. The topological polar surface area (TPSA) is 89.2 Å². The summed E-state index contributed by atoms with van der Waals surface area (Å²) in [6.07, 6.45) is 4.54. The molecule has 1 saturated heterocycles. The van der Waals surface area contributed by atoms with Gasteiger partial charge in [0, 0.05) is 25.5 Å². The normalized spacial score (nSPS) is 20.5. The first-order chi connectivity index (χ1) is 10.1. The van der Waals surface area contributed by atoms with Crippen molar-refractivity contribution in [2.24, 2.45) is 0 Å². The van der Waals surface area contributed by atoms with Gasteiger partial charge >= 0.3 is 0 Å². The number of aryl methyl sites for hydroxylation is 1. The molecule has 0 aromatic carbocycles. The van der Waals surface area contributed by atoms with E-state index < -0.39 is 10.0 Å². The SMILES string of the molecule is Cc1noc(C2CCCN(S(=O)(=O)c3cccnc3)C2)n1. The smallest absolute Gasteiger partial charge is 0.244 e. The van der Waals surface area contributed by atoms with Gasteiger partial charge in [0.15, 0.2) is 5.82 Å². The Hall–Kier alpha value is -1.80. The Morgan fingerprint density at radius 3 is 2.95 bits per heavy atom. The second kappa shape index (κ2) is 5.53. The van der Waals surface area contributed by atoms with Gasteiger partial charge in [-0.05, 0) is 31.9 Å². The summed E-state index contributed by atoms with van der Waals surface area (Å²) in [5.41, 5.74) is 0. The summed E-state index contributed by atoms with van der Waals surface area (Å²) in [5.74, 6) is 1.03. The first-order valence-electron chi connectivity index (χ1n) is 6.78. The van der Waals surface area contributed by atoms with Gasteiger partial charge in [0.25, 0.3) is 0 Å². The fourth-order valence-electron chi connectivity index (χ4n) is 2.49. The summed E-state index contributed by atoms with van der Waals surface area (Å²) in [6.45, 7) is 2.61. The molecule has 1 fully saturated rings. The van der Waals surface area contributed by atoms with Crippen LogP contribution in [0.4, 0.5) is 0 Å². The lowest BCUT2D eigenvalue weighted by Gasteiger charge is -2.30. The first kappa shape index (κ1) is 14.2. The summed E-state index contributed by atoms with van der Waals surface area (Å²) >= 11 is 0. The van der Waals surface area contributed by atoms with Crippen molar-refractivity contribution in [1.29, 1.82) is 0 Å². The van der Waals surface area contributed by atoms with Crippen molar-refractivity contribution in [3.05, 3.63) is 36.2 Å². The van der Waals surface area contributed by atoms with E-state index in [1.54, 1.807) is 25.3 Å². The van der Waals surface area contributed by atoms with Crippen molar-refractivity contribution in [2.45, 2.75) is 30.6 Å². The lowest BCUT2D eigenvalue weighted by atomic mass is 10.00. The molecule has 1 atom stereocenters. The van der Waals surface area contributed by atoms with E-state index in [0.29, 0.717) is 24.8 Å². The molecular formula is C13H16N4O3S. The van der Waals surface area contributed by atoms with Gasteiger partial charge in [0.2, 0.25) is 15.9 Å². The molecule has 0 saturated carbocycles. The van der Waals surface area contributed by atoms with Gasteiger partial charge in [-0.2, -0.15) is 9.29 Å². The van der Waals surface area contributed by atoms with Crippen LogP contribution in [0.3, 0.4) is 0 Å². The van der Waals surface area contributed by atoms with E-state index in [2.05, 4.69) is 15.1 Å². The van der Waals surface area contributed by atoms with E-state index in [4.69, 9.17) is 4.52 Å². The lowest BCUT2D eigenvalue weighted by Crippen LogP contribution is -2.39. The molecule has 3 rings (SSSR count). The maximum absolute atomic E-state index is 12.6. The highest BCUT2D eigenvalue weighted by atomic mass is 32.2. The molecule has 0 bridgehead atoms. The number of rotatable bonds is 3. The third-order valence-corrected chi connectivity index (χ3v) is 5.40. The zero-order valence-electron chi connectivity index (χ0n) is 11.6. The monoisotopic (exact) mass is 308 g/mol. The van der Waals surface area contributed by atoms with Crippen LogP contribution in [0.5, 0.6) is 0 Å². The maximum atomic E-state index is 12.6. The summed E-state index contributed by atoms with van der Waals surface area (Å²) in [6, 6.07) is 3.18. The molecule has 7 nitrogen and oxygen atoms in total. The minimum atomic E-state index is -3.52. The lowest BCUT2D eigenvalue weighted by molar-refractivity contribution is 0.265. The van der Waals surface area contributed by atoms with Crippen LogP contribution >= 0.6 is 0 Å². The number of piperidine rings is 1. The van der Waals surface area contributed by atoms with Crippen LogP contribution < -0.4 is 0 Å². The largest absolute Gasteiger partial charge is 0.339 e. The second-order valence-electron chi connectivity index (χ2n) is 5.07. The van der Waals surface area contributed by atoms with Crippen molar-refractivity contribution >= 4 is 10.0 Å². The molecule has 1 aliphatic heterocycles. The Bertz CT molecular complexity index is 714. The summed E-state index contributed by atoms with van der Waals surface area (Å²) < 4.78 is 31.8. The average Bonchev–Trinajstić information content (AvgIpc) is 2.95. The number of hydrogen-bond donors (Lipinski definition) is 0. The Labute approximate surface area is 123 Å². The fourth-order valence-corrected chi connectivity index (χ4v) is 3.98. The predicted molar refractivity (Wildman–Crippen MR) is 74.0 cm³/mol. The maximum Gasteiger partial charge on any atom is 0.244 e. The van der Waals surface area contributed by atoms with E-state index in [1.807, 2.05) is 0 Å². The molecule has 0 N–H and O–H groups in total. The molecule has 2 aromatic rings. The molecule has 0 spiro atoms. The minimum absolute atomic E-state index is 0.0496. The van der Waals surface area contributed by atoms with Gasteiger partial charge < -0.3 is 4.52 Å². The van der Waals surface area contributed by atoms with Crippen LogP contribution in [0, 0.1) is 6.92 Å². The van der Waals surface area contributed by atoms with Crippen LogP contribution in [-0.2, 0) is 10.0 Å². The molecule has 21 heavy (non-hydrogen) atoms. The highest BCUT2D eigenvalue weighted by Crippen LogP contribution is 2.29. The molecule has 112 valence electrons. The number of pyridine rings is 1. The van der Waals surface area contributed by atoms with Crippen molar-refractivity contribution in [2.75, 3.05) is 13.1 Å². The zero-order valence-corrected chi connectivity index (χ0v) is 12.5. The molecule has 0 radical (unpaired) electrons. The van der Waals surface area contributed by atoms with Crippen molar-refractivity contribution in [3.63, 3.8) is 0 Å². The highest BCUT2D eigenvalue weighted by Gasteiger charge is 2.33. The highest BCUT2D eigenvalue weighted by molar-refractivity contribution is 7.89. The van der Waals surface area contributed by atoms with Crippen LogP contribution in [0.15, 0.2) is 33.9 Å². The van der Waals surface area contributed by atoms with Crippen molar-refractivity contribution < 1.29 is 12.9 Å². The number of nitrogens with zero attached hydrogens (tertiary/aromatic N) is 4. The molecule has 2 aromatic heterocycles. The van der Waals surface area contributed by atoms with Crippen LogP contribution in [0.1, 0.15) is 30.5 Å². The van der Waals surface area contributed by atoms with E-state index in [-0.39, 0.29) is 10.8 Å². The van der Waals surface area contributed by atoms with Gasteiger partial charge in [0.05, 0.1) is 5.92 Å². The average molecular weight is 308 g/mol. The quantitative estimate of drug-likeness (QED) is 0.850. The Kier molecular flexibility index (Phi) is 3.73. The van der Waals surface area contributed by atoms with Crippen LogP contribution in [0.25, 0.3) is 0 Å². The second-order valence-corrected chi connectivity index (χ2v) is 7.01. The van der Waals surface area contributed by atoms with E-state index in [9.17, 15) is 8.42 Å². The third kappa shape index (κ3) is 2.81. The van der Waals surface area contributed by atoms with Gasteiger partial charge in [-0.25, -0.2) is 8.42 Å². The molecule has 1 aliphatic rings. The fraction of sp³-hybridized carbons (Fsp3) is 0.462. The molecule has 1 unspecified atom stereocenters. The number of hydrogen-bond acceptors (Lipinski definition) is 6. The van der Waals surface area contributed by atoms with Crippen molar-refractivity contribution in [1.82, 2.24) is 19.4 Å². The van der Waals surface area contributed by atoms with Gasteiger partial charge in [0.1, 0.15) is 4.90 Å². The number of aromatic nitrogens is 3. The van der Waals surface area contributed by atoms with E-state index >= 15 is 0 Å². The first-order valence-corrected chi connectivity index (χ1v) is 8.22. The zero-order chi connectivity index (χ0) is 14.9. The van der Waals surface area contributed by atoms with Gasteiger partial charge in [-0.3, -0.25) is 4.98 Å². The molecular weight excluding hydrogens is 292 g/mol. The van der Waals surface area contributed by atoms with Crippen LogP contribution in [-0.4, -0.2) is 40.9 Å². The standard InChI is InChI=1S/C13H16N4O3S/c1-10-15-13(20-16-10)11-4-3-7-17(9-11)21(18,19)12-5-2-6-14-8-12/h2,5-6,8,11H,3-4,7,9H2,1H3. The molecule has 0 amide bonds. The van der Waals surface area contributed by atoms with E-state index in [1.165, 1.54) is 10.5 Å². The third-order valence-electron chi connectivity index (χ3n) is 3.55.